The molecule has 2 saturated heterocycles. The Morgan fingerprint density at radius 3 is 2.74 bits per heavy atom. The third kappa shape index (κ3) is 4.13. The fraction of sp³-hybridized carbons (Fsp3) is 0.455. The van der Waals surface area contributed by atoms with E-state index in [1.54, 1.807) is 12.1 Å². The Labute approximate surface area is 165 Å². The predicted molar refractivity (Wildman–Crippen MR) is 107 cm³/mol. The number of likely N-dealkylation sites (tertiary alicyclic amines) is 1. The Morgan fingerprint density at radius 1 is 1.07 bits per heavy atom. The summed E-state index contributed by atoms with van der Waals surface area (Å²) in [5.41, 5.74) is 1.55. The maximum Gasteiger partial charge on any atom is 0.131 e. The van der Waals surface area contributed by atoms with Crippen molar-refractivity contribution in [3.05, 3.63) is 64.4 Å². The molecule has 2 aliphatic heterocycles. The van der Waals surface area contributed by atoms with Gasteiger partial charge in [0.2, 0.25) is 0 Å². The number of para-hydroxylation sites is 1. The zero-order valence-corrected chi connectivity index (χ0v) is 16.5. The van der Waals surface area contributed by atoms with Gasteiger partial charge in [-0.1, -0.05) is 35.9 Å². The van der Waals surface area contributed by atoms with Crippen molar-refractivity contribution < 1.29 is 9.13 Å². The van der Waals surface area contributed by atoms with Gasteiger partial charge >= 0.3 is 0 Å². The summed E-state index contributed by atoms with van der Waals surface area (Å²) in [5, 5.41) is 0.402. The molecule has 2 bridgehead atoms. The minimum atomic E-state index is -0.327. The Kier molecular flexibility index (Phi) is 5.67. The number of rotatable bonds is 5. The van der Waals surface area contributed by atoms with Crippen LogP contribution in [0.25, 0.3) is 0 Å². The van der Waals surface area contributed by atoms with Crippen molar-refractivity contribution in [3.8, 4) is 5.75 Å². The fourth-order valence-electron chi connectivity index (χ4n) is 4.36. The summed E-state index contributed by atoms with van der Waals surface area (Å²) in [7, 11) is 2.26. The summed E-state index contributed by atoms with van der Waals surface area (Å²) in [6.07, 6.45) is 3.85. The van der Waals surface area contributed by atoms with E-state index >= 15 is 0 Å². The lowest BCUT2D eigenvalue weighted by molar-refractivity contribution is 0.211. The molecular weight excluding hydrogens is 363 g/mol. The molecule has 0 radical (unpaired) electrons. The molecule has 5 heteroatoms. The average molecular weight is 389 g/mol. The van der Waals surface area contributed by atoms with Crippen molar-refractivity contribution in [3.63, 3.8) is 0 Å². The highest BCUT2D eigenvalue weighted by Crippen LogP contribution is 2.30. The van der Waals surface area contributed by atoms with E-state index in [0.717, 1.165) is 37.0 Å². The Morgan fingerprint density at radius 2 is 1.89 bits per heavy atom. The van der Waals surface area contributed by atoms with Gasteiger partial charge in [-0.2, -0.15) is 0 Å². The second-order valence-corrected chi connectivity index (χ2v) is 8.08. The van der Waals surface area contributed by atoms with E-state index in [2.05, 4.69) is 22.9 Å². The SMILES string of the molecule is CN1[C@H]2CC[C@@H]1CN(Cc1ccccc1OCc1c(F)cccc1Cl)CC2. The van der Waals surface area contributed by atoms with Gasteiger partial charge in [0, 0.05) is 42.8 Å². The number of fused-ring (bicyclic) bond motifs is 2. The van der Waals surface area contributed by atoms with Gasteiger partial charge in [-0.3, -0.25) is 9.80 Å². The van der Waals surface area contributed by atoms with Crippen molar-refractivity contribution in [2.45, 2.75) is 44.5 Å². The van der Waals surface area contributed by atoms with Gasteiger partial charge in [-0.05, 0) is 44.5 Å². The predicted octanol–water partition coefficient (Wildman–Crippen LogP) is 4.73. The normalized spacial score (nSPS) is 23.4. The van der Waals surface area contributed by atoms with E-state index < -0.39 is 0 Å². The van der Waals surface area contributed by atoms with Crippen LogP contribution in [0.15, 0.2) is 42.5 Å². The van der Waals surface area contributed by atoms with Crippen LogP contribution in [-0.4, -0.2) is 42.0 Å². The summed E-state index contributed by atoms with van der Waals surface area (Å²) < 4.78 is 20.0. The monoisotopic (exact) mass is 388 g/mol. The molecule has 144 valence electrons. The summed E-state index contributed by atoms with van der Waals surface area (Å²) in [5.74, 6) is 0.478. The Bertz CT molecular complexity index is 779. The lowest BCUT2D eigenvalue weighted by atomic mass is 10.1. The molecule has 0 N–H and O–H groups in total. The summed E-state index contributed by atoms with van der Waals surface area (Å²) >= 11 is 6.13. The highest BCUT2D eigenvalue weighted by Gasteiger charge is 2.34. The van der Waals surface area contributed by atoms with E-state index in [4.69, 9.17) is 16.3 Å². The Balaban J connectivity index is 1.45. The van der Waals surface area contributed by atoms with E-state index in [1.165, 1.54) is 25.3 Å². The molecule has 0 amide bonds. The average Bonchev–Trinajstić information content (AvgIpc) is 2.91. The Hall–Kier alpha value is -1.62. The molecule has 2 atom stereocenters. The van der Waals surface area contributed by atoms with Crippen LogP contribution in [0.4, 0.5) is 4.39 Å². The van der Waals surface area contributed by atoms with Crippen molar-refractivity contribution in [1.82, 2.24) is 9.80 Å². The zero-order chi connectivity index (χ0) is 18.8. The van der Waals surface area contributed by atoms with Crippen molar-refractivity contribution >= 4 is 11.6 Å². The molecule has 4 rings (SSSR count). The summed E-state index contributed by atoms with van der Waals surface area (Å²) in [6, 6.07) is 14.2. The van der Waals surface area contributed by atoms with Crippen LogP contribution < -0.4 is 4.74 Å². The largest absolute Gasteiger partial charge is 0.488 e. The third-order valence-electron chi connectivity index (χ3n) is 6.03. The molecule has 2 fully saturated rings. The van der Waals surface area contributed by atoms with Gasteiger partial charge in [0.25, 0.3) is 0 Å². The molecular formula is C22H26ClFN2O. The topological polar surface area (TPSA) is 15.7 Å². The first-order valence-electron chi connectivity index (χ1n) is 9.69. The number of ether oxygens (including phenoxy) is 1. The third-order valence-corrected chi connectivity index (χ3v) is 6.39. The number of hydrogen-bond donors (Lipinski definition) is 0. The maximum absolute atomic E-state index is 14.0. The molecule has 2 aliphatic rings. The highest BCUT2D eigenvalue weighted by atomic mass is 35.5. The van der Waals surface area contributed by atoms with E-state index in [-0.39, 0.29) is 12.4 Å². The fourth-order valence-corrected chi connectivity index (χ4v) is 4.58. The summed E-state index contributed by atoms with van der Waals surface area (Å²) in [6.45, 7) is 3.20. The minimum Gasteiger partial charge on any atom is -0.488 e. The van der Waals surface area contributed by atoms with Crippen LogP contribution in [0.3, 0.4) is 0 Å². The van der Waals surface area contributed by atoms with Gasteiger partial charge in [-0.15, -0.1) is 0 Å². The van der Waals surface area contributed by atoms with Crippen LogP contribution in [0, 0.1) is 5.82 Å². The molecule has 27 heavy (non-hydrogen) atoms. The minimum absolute atomic E-state index is 0.135. The van der Waals surface area contributed by atoms with Crippen LogP contribution in [0.2, 0.25) is 5.02 Å². The van der Waals surface area contributed by atoms with Gasteiger partial charge in [0.05, 0.1) is 5.02 Å². The molecule has 0 saturated carbocycles. The quantitative estimate of drug-likeness (QED) is 0.736. The number of halogens is 2. The second-order valence-electron chi connectivity index (χ2n) is 7.67. The molecule has 2 aromatic carbocycles. The van der Waals surface area contributed by atoms with Gasteiger partial charge in [0.15, 0.2) is 0 Å². The van der Waals surface area contributed by atoms with Crippen LogP contribution in [-0.2, 0) is 13.2 Å². The van der Waals surface area contributed by atoms with E-state index in [1.807, 2.05) is 18.2 Å². The van der Waals surface area contributed by atoms with E-state index in [0.29, 0.717) is 16.6 Å². The summed E-state index contributed by atoms with van der Waals surface area (Å²) in [4.78, 5) is 5.08. The molecule has 2 heterocycles. The molecule has 0 unspecified atom stereocenters. The standard InChI is InChI=1S/C22H26ClFN2O/c1-25-17-9-10-18(25)14-26(12-11-17)13-16-5-2-3-8-22(16)27-15-19-20(23)6-4-7-21(19)24/h2-8,17-18H,9-15H2,1H3/t17-,18+/m0/s1. The van der Waals surface area contributed by atoms with Crippen LogP contribution >= 0.6 is 11.6 Å². The van der Waals surface area contributed by atoms with Crippen molar-refractivity contribution in [1.29, 1.82) is 0 Å². The van der Waals surface area contributed by atoms with Crippen LogP contribution in [0.1, 0.15) is 30.4 Å². The molecule has 0 aliphatic carbocycles. The van der Waals surface area contributed by atoms with Crippen molar-refractivity contribution in [2.75, 3.05) is 20.1 Å². The van der Waals surface area contributed by atoms with Gasteiger partial charge < -0.3 is 4.74 Å². The highest BCUT2D eigenvalue weighted by molar-refractivity contribution is 6.31. The van der Waals surface area contributed by atoms with Gasteiger partial charge in [0.1, 0.15) is 18.2 Å². The number of benzene rings is 2. The smallest absolute Gasteiger partial charge is 0.131 e. The second kappa shape index (κ2) is 8.17. The zero-order valence-electron chi connectivity index (χ0n) is 15.7. The first-order chi connectivity index (χ1) is 13.1. The first kappa shape index (κ1) is 18.7. The number of hydrogen-bond acceptors (Lipinski definition) is 3. The van der Waals surface area contributed by atoms with E-state index in [9.17, 15) is 4.39 Å². The van der Waals surface area contributed by atoms with Crippen LogP contribution in [0.5, 0.6) is 5.75 Å². The number of likely N-dealkylation sites (N-methyl/N-ethyl adjacent to an activating group) is 1. The number of nitrogens with zero attached hydrogens (tertiary/aromatic N) is 2. The molecule has 3 nitrogen and oxygen atoms in total. The first-order valence-corrected chi connectivity index (χ1v) is 10.1. The lowest BCUT2D eigenvalue weighted by Gasteiger charge is -2.26. The molecule has 2 aromatic rings. The lowest BCUT2D eigenvalue weighted by Crippen LogP contribution is -2.36. The maximum atomic E-state index is 14.0. The van der Waals surface area contributed by atoms with Crippen molar-refractivity contribution in [2.24, 2.45) is 0 Å². The molecule has 0 aromatic heterocycles. The molecule has 0 spiro atoms. The van der Waals surface area contributed by atoms with Gasteiger partial charge in [-0.25, -0.2) is 4.39 Å².